The van der Waals surface area contributed by atoms with Crippen molar-refractivity contribution >= 4 is 40.7 Å². The Kier molecular flexibility index (Phi) is 9.41. The van der Waals surface area contributed by atoms with E-state index in [-0.39, 0.29) is 26.9 Å². The Morgan fingerprint density at radius 3 is 2.60 bits per heavy atom. The van der Waals surface area contributed by atoms with Crippen molar-refractivity contribution in [3.8, 4) is 0 Å². The molecular weight excluding hydrogens is 597 g/mol. The first kappa shape index (κ1) is 32.1. The number of fused-ring (bicyclic) bond motifs is 2. The summed E-state index contributed by atoms with van der Waals surface area (Å²) in [6, 6.07) is 5.59. The number of hydrogen-bond acceptors (Lipinski definition) is 5. The zero-order valence-electron chi connectivity index (χ0n) is 25.0. The maximum Gasteiger partial charge on any atom is 0.237 e. The molecule has 0 saturated carbocycles. The normalized spacial score (nSPS) is 25.8. The van der Waals surface area contributed by atoms with Gasteiger partial charge in [0.15, 0.2) is 0 Å². The lowest BCUT2D eigenvalue weighted by molar-refractivity contribution is -0.124. The molecule has 3 N–H and O–H groups in total. The zero-order valence-corrected chi connectivity index (χ0v) is 26.5. The fourth-order valence-corrected chi connectivity index (χ4v) is 7.91. The smallest absolute Gasteiger partial charge is 0.237 e. The molecule has 4 atom stereocenters. The van der Waals surface area contributed by atoms with E-state index in [4.69, 9.17) is 27.9 Å². The van der Waals surface area contributed by atoms with Gasteiger partial charge in [-0.05, 0) is 53.5 Å². The summed E-state index contributed by atoms with van der Waals surface area (Å²) in [5.74, 6) is -2.86. The number of carbonyl (C=O) groups is 2. The summed E-state index contributed by atoms with van der Waals surface area (Å²) in [7, 11) is 0. The molecule has 3 aliphatic heterocycles. The molecule has 0 radical (unpaired) electrons. The number of ether oxygens (including phenoxy) is 1. The van der Waals surface area contributed by atoms with Gasteiger partial charge in [0.25, 0.3) is 0 Å². The van der Waals surface area contributed by atoms with Gasteiger partial charge in [0.2, 0.25) is 11.8 Å². The Bertz CT molecular complexity index is 1380. The van der Waals surface area contributed by atoms with Gasteiger partial charge in [-0.1, -0.05) is 63.0 Å². The van der Waals surface area contributed by atoms with Gasteiger partial charge in [-0.25, -0.2) is 8.78 Å². The fraction of sp³-hybridized carbons (Fsp3) is 0.562. The molecule has 11 heteroatoms. The molecule has 2 saturated heterocycles. The highest BCUT2D eigenvalue weighted by molar-refractivity contribution is 6.31. The number of halogens is 4. The average molecular weight is 638 g/mol. The van der Waals surface area contributed by atoms with Crippen LogP contribution in [0.2, 0.25) is 10.0 Å². The van der Waals surface area contributed by atoms with E-state index in [2.05, 4.69) is 48.5 Å². The molecule has 7 nitrogen and oxygen atoms in total. The molecule has 234 valence electrons. The van der Waals surface area contributed by atoms with Crippen LogP contribution in [0.15, 0.2) is 30.3 Å². The minimum atomic E-state index is -1.52. The number of benzene rings is 2. The number of rotatable bonds is 9. The molecule has 0 aliphatic carbocycles. The molecule has 43 heavy (non-hydrogen) atoms. The maximum absolute atomic E-state index is 16.0. The SMILES string of the molecule is CC(C)CC(C)(C)C[C@H]1N[C@@H](C(=O)NCCN2CCOCC2)[C@H](c2cccc(Cl)c2F)[C@@]12C(=O)Nc1cc(Cl)c(F)cc12. The highest BCUT2D eigenvalue weighted by Gasteiger charge is 2.66. The van der Waals surface area contributed by atoms with Crippen molar-refractivity contribution < 1.29 is 23.1 Å². The van der Waals surface area contributed by atoms with E-state index in [9.17, 15) is 9.59 Å². The quantitative estimate of drug-likeness (QED) is 0.339. The molecule has 0 unspecified atom stereocenters. The molecule has 5 rings (SSSR count). The molecule has 1 spiro atoms. The van der Waals surface area contributed by atoms with Crippen LogP contribution in [0.25, 0.3) is 0 Å². The minimum absolute atomic E-state index is 0.121. The molecule has 2 aromatic carbocycles. The zero-order chi connectivity index (χ0) is 31.1. The predicted octanol–water partition coefficient (Wildman–Crippen LogP) is 5.50. The average Bonchev–Trinajstić information content (AvgIpc) is 3.40. The lowest BCUT2D eigenvalue weighted by Gasteiger charge is -2.39. The lowest BCUT2D eigenvalue weighted by Crippen LogP contribution is -2.50. The summed E-state index contributed by atoms with van der Waals surface area (Å²) in [6.45, 7) is 12.3. The van der Waals surface area contributed by atoms with Gasteiger partial charge in [-0.3, -0.25) is 14.5 Å². The van der Waals surface area contributed by atoms with Crippen LogP contribution < -0.4 is 16.0 Å². The van der Waals surface area contributed by atoms with Crippen LogP contribution in [0, 0.1) is 23.0 Å². The summed E-state index contributed by atoms with van der Waals surface area (Å²) < 4.78 is 36.6. The summed E-state index contributed by atoms with van der Waals surface area (Å²) in [5.41, 5.74) is -0.967. The molecular formula is C32H40Cl2F2N4O3. The van der Waals surface area contributed by atoms with Crippen molar-refractivity contribution in [1.29, 1.82) is 0 Å². The largest absolute Gasteiger partial charge is 0.379 e. The van der Waals surface area contributed by atoms with Gasteiger partial charge in [-0.15, -0.1) is 0 Å². The van der Waals surface area contributed by atoms with Gasteiger partial charge in [-0.2, -0.15) is 0 Å². The van der Waals surface area contributed by atoms with E-state index in [1.165, 1.54) is 18.2 Å². The number of morpholine rings is 1. The molecule has 2 aromatic rings. The molecule has 3 heterocycles. The fourth-order valence-electron chi connectivity index (χ4n) is 7.56. The van der Waals surface area contributed by atoms with Crippen LogP contribution in [-0.2, 0) is 19.7 Å². The number of nitrogens with zero attached hydrogens (tertiary/aromatic N) is 1. The Morgan fingerprint density at radius 2 is 1.91 bits per heavy atom. The highest BCUT2D eigenvalue weighted by atomic mass is 35.5. The predicted molar refractivity (Wildman–Crippen MR) is 165 cm³/mol. The number of anilines is 1. The van der Waals surface area contributed by atoms with Crippen LogP contribution in [0.5, 0.6) is 0 Å². The first-order valence-electron chi connectivity index (χ1n) is 14.9. The second kappa shape index (κ2) is 12.6. The topological polar surface area (TPSA) is 82.7 Å². The van der Waals surface area contributed by atoms with Crippen molar-refractivity contribution in [2.45, 2.75) is 64.0 Å². The second-order valence-electron chi connectivity index (χ2n) is 13.2. The van der Waals surface area contributed by atoms with Crippen LogP contribution >= 0.6 is 23.2 Å². The van der Waals surface area contributed by atoms with Crippen LogP contribution in [0.4, 0.5) is 14.5 Å². The van der Waals surface area contributed by atoms with E-state index < -0.39 is 41.0 Å². The standard InChI is InChI=1S/C32H40Cl2F2N4O3/c1-18(2)16-31(3,4)17-25-32(20-14-23(35)22(34)15-24(20)38-30(32)42)26(19-6-5-7-21(33)27(19)36)28(39-25)29(41)37-8-9-40-10-12-43-13-11-40/h5-7,14-15,18,25-26,28,39H,8-13,16-17H2,1-4H3,(H,37,41)(H,38,42)/t25-,26+,28-,32+/m1/s1. The third kappa shape index (κ3) is 6.16. The molecule has 2 fully saturated rings. The van der Waals surface area contributed by atoms with Gasteiger partial charge < -0.3 is 20.7 Å². The first-order chi connectivity index (χ1) is 20.3. The van der Waals surface area contributed by atoms with Crippen LogP contribution in [0.1, 0.15) is 57.6 Å². The summed E-state index contributed by atoms with van der Waals surface area (Å²) in [4.78, 5) is 30.6. The van der Waals surface area contributed by atoms with Gasteiger partial charge in [0.1, 0.15) is 17.0 Å². The molecule has 0 bridgehead atoms. The van der Waals surface area contributed by atoms with Gasteiger partial charge >= 0.3 is 0 Å². The Labute approximate surface area is 262 Å². The van der Waals surface area contributed by atoms with E-state index in [1.54, 1.807) is 12.1 Å². The number of hydrogen-bond donors (Lipinski definition) is 3. The highest BCUT2D eigenvalue weighted by Crippen LogP contribution is 2.57. The molecule has 0 aromatic heterocycles. The number of amides is 2. The van der Waals surface area contributed by atoms with E-state index in [0.29, 0.717) is 49.9 Å². The second-order valence-corrected chi connectivity index (χ2v) is 14.0. The third-order valence-corrected chi connectivity index (χ3v) is 9.61. The van der Waals surface area contributed by atoms with Crippen LogP contribution in [-0.4, -0.2) is 68.2 Å². The summed E-state index contributed by atoms with van der Waals surface area (Å²) >= 11 is 12.4. The molecule has 3 aliphatic rings. The minimum Gasteiger partial charge on any atom is -0.379 e. The third-order valence-electron chi connectivity index (χ3n) is 9.03. The van der Waals surface area contributed by atoms with Gasteiger partial charge in [0, 0.05) is 43.8 Å². The van der Waals surface area contributed by atoms with E-state index in [1.807, 2.05) is 0 Å². The Morgan fingerprint density at radius 1 is 1.19 bits per heavy atom. The number of nitrogens with one attached hydrogen (secondary N) is 3. The van der Waals surface area contributed by atoms with E-state index >= 15 is 8.78 Å². The van der Waals surface area contributed by atoms with Crippen molar-refractivity contribution in [2.24, 2.45) is 11.3 Å². The van der Waals surface area contributed by atoms with Gasteiger partial charge in [0.05, 0.1) is 29.3 Å². The monoisotopic (exact) mass is 636 g/mol. The van der Waals surface area contributed by atoms with Crippen molar-refractivity contribution in [2.75, 3.05) is 44.7 Å². The first-order valence-corrected chi connectivity index (χ1v) is 15.7. The lowest BCUT2D eigenvalue weighted by atomic mass is 9.61. The van der Waals surface area contributed by atoms with Crippen molar-refractivity contribution in [1.82, 2.24) is 15.5 Å². The Hall–Kier alpha value is -2.30. The maximum atomic E-state index is 16.0. The Balaban J connectivity index is 1.62. The van der Waals surface area contributed by atoms with Crippen molar-refractivity contribution in [3.05, 3.63) is 63.1 Å². The summed E-state index contributed by atoms with van der Waals surface area (Å²) in [6.07, 6.45) is 1.32. The van der Waals surface area contributed by atoms with E-state index in [0.717, 1.165) is 19.5 Å². The number of carbonyl (C=O) groups excluding carboxylic acids is 2. The summed E-state index contributed by atoms with van der Waals surface area (Å²) in [5, 5.41) is 9.13. The van der Waals surface area contributed by atoms with Crippen LogP contribution in [0.3, 0.4) is 0 Å². The van der Waals surface area contributed by atoms with Crippen molar-refractivity contribution in [3.63, 3.8) is 0 Å². The molecule has 2 amide bonds.